The van der Waals surface area contributed by atoms with Crippen molar-refractivity contribution in [2.45, 2.75) is 13.5 Å². The third-order valence-electron chi connectivity index (χ3n) is 4.09. The average molecular weight is 390 g/mol. The van der Waals surface area contributed by atoms with Gasteiger partial charge in [-0.3, -0.25) is 5.10 Å². The van der Waals surface area contributed by atoms with E-state index >= 15 is 0 Å². The molecule has 0 fully saturated rings. The van der Waals surface area contributed by atoms with Crippen LogP contribution in [0.15, 0.2) is 66.9 Å². The van der Waals surface area contributed by atoms with E-state index in [2.05, 4.69) is 20.8 Å². The summed E-state index contributed by atoms with van der Waals surface area (Å²) in [6.45, 7) is 2.51. The fraction of sp³-hybridized carbons (Fsp3) is 0.136. The van der Waals surface area contributed by atoms with Crippen molar-refractivity contribution < 1.29 is 14.3 Å². The summed E-state index contributed by atoms with van der Waals surface area (Å²) in [7, 11) is 0. The Balaban J connectivity index is 1.47. The van der Waals surface area contributed by atoms with Crippen molar-refractivity contribution in [1.82, 2.24) is 15.5 Å². The Kier molecular flexibility index (Phi) is 6.78. The number of anilines is 1. The molecule has 7 nitrogen and oxygen atoms in total. The molecule has 0 saturated carbocycles. The van der Waals surface area contributed by atoms with Crippen LogP contribution >= 0.6 is 0 Å². The number of nitrogens with zero attached hydrogens (tertiary/aromatic N) is 1. The SMILES string of the molecule is CCOC(=O)/C=C/c1ccc(NC(=O)NCc2ccc(-c3ccn[nH]3)cc2)cc1. The molecule has 2 amide bonds. The summed E-state index contributed by atoms with van der Waals surface area (Å²) < 4.78 is 4.83. The highest BCUT2D eigenvalue weighted by Crippen LogP contribution is 2.16. The summed E-state index contributed by atoms with van der Waals surface area (Å²) in [5.74, 6) is -0.383. The number of nitrogens with one attached hydrogen (secondary N) is 3. The van der Waals surface area contributed by atoms with Gasteiger partial charge < -0.3 is 15.4 Å². The molecule has 0 saturated heterocycles. The van der Waals surface area contributed by atoms with Gasteiger partial charge in [0, 0.05) is 24.5 Å². The molecule has 1 aromatic heterocycles. The van der Waals surface area contributed by atoms with Gasteiger partial charge in [0.1, 0.15) is 0 Å². The zero-order valence-electron chi connectivity index (χ0n) is 16.0. The van der Waals surface area contributed by atoms with Gasteiger partial charge in [0.15, 0.2) is 0 Å². The minimum absolute atomic E-state index is 0.294. The number of esters is 1. The van der Waals surface area contributed by atoms with Crippen LogP contribution in [0.2, 0.25) is 0 Å². The number of benzene rings is 2. The third kappa shape index (κ3) is 6.07. The van der Waals surface area contributed by atoms with Crippen molar-refractivity contribution in [3.05, 3.63) is 78.0 Å². The number of rotatable bonds is 7. The van der Waals surface area contributed by atoms with E-state index in [9.17, 15) is 9.59 Å². The van der Waals surface area contributed by atoms with Gasteiger partial charge in [-0.2, -0.15) is 5.10 Å². The first-order valence-electron chi connectivity index (χ1n) is 9.22. The maximum absolute atomic E-state index is 12.1. The lowest BCUT2D eigenvalue weighted by Gasteiger charge is -2.08. The molecule has 0 spiro atoms. The number of hydrogen-bond acceptors (Lipinski definition) is 4. The normalized spacial score (nSPS) is 10.7. The summed E-state index contributed by atoms with van der Waals surface area (Å²) in [5, 5.41) is 12.5. The lowest BCUT2D eigenvalue weighted by atomic mass is 10.1. The Hall–Kier alpha value is -3.87. The molecule has 3 rings (SSSR count). The third-order valence-corrected chi connectivity index (χ3v) is 4.09. The molecule has 0 aliphatic carbocycles. The van der Waals surface area contributed by atoms with Gasteiger partial charge in [0.25, 0.3) is 0 Å². The smallest absolute Gasteiger partial charge is 0.330 e. The zero-order chi connectivity index (χ0) is 20.5. The molecule has 3 N–H and O–H groups in total. The van der Waals surface area contributed by atoms with Gasteiger partial charge in [-0.05, 0) is 47.9 Å². The van der Waals surface area contributed by atoms with Crippen molar-refractivity contribution in [1.29, 1.82) is 0 Å². The molecule has 29 heavy (non-hydrogen) atoms. The highest BCUT2D eigenvalue weighted by Gasteiger charge is 2.03. The summed E-state index contributed by atoms with van der Waals surface area (Å²) in [6, 6.07) is 16.6. The van der Waals surface area contributed by atoms with Crippen LogP contribution < -0.4 is 10.6 Å². The van der Waals surface area contributed by atoms with Crippen LogP contribution in [-0.4, -0.2) is 28.8 Å². The first-order valence-corrected chi connectivity index (χ1v) is 9.22. The second-order valence-electron chi connectivity index (χ2n) is 6.18. The number of aromatic amines is 1. The number of urea groups is 1. The molecule has 0 aliphatic rings. The van der Waals surface area contributed by atoms with Gasteiger partial charge in [0.05, 0.1) is 12.3 Å². The summed E-state index contributed by atoms with van der Waals surface area (Å²) in [6.07, 6.45) is 4.74. The maximum Gasteiger partial charge on any atom is 0.330 e. The van der Waals surface area contributed by atoms with Gasteiger partial charge in [-0.15, -0.1) is 0 Å². The Bertz CT molecular complexity index is 962. The number of aromatic nitrogens is 2. The van der Waals surface area contributed by atoms with E-state index in [4.69, 9.17) is 4.74 Å². The Morgan fingerprint density at radius 1 is 1.07 bits per heavy atom. The van der Waals surface area contributed by atoms with Crippen molar-refractivity contribution in [2.24, 2.45) is 0 Å². The van der Waals surface area contributed by atoms with Gasteiger partial charge >= 0.3 is 12.0 Å². The van der Waals surface area contributed by atoms with E-state index < -0.39 is 0 Å². The van der Waals surface area contributed by atoms with Gasteiger partial charge in [0.2, 0.25) is 0 Å². The van der Waals surface area contributed by atoms with E-state index in [1.54, 1.807) is 43.5 Å². The summed E-state index contributed by atoms with van der Waals surface area (Å²) >= 11 is 0. The van der Waals surface area contributed by atoms with Crippen LogP contribution in [0.4, 0.5) is 10.5 Å². The lowest BCUT2D eigenvalue weighted by molar-refractivity contribution is -0.137. The predicted octanol–water partition coefficient (Wildman–Crippen LogP) is 3.97. The van der Waals surface area contributed by atoms with E-state index in [0.29, 0.717) is 18.8 Å². The van der Waals surface area contributed by atoms with Crippen molar-refractivity contribution in [3.63, 3.8) is 0 Å². The van der Waals surface area contributed by atoms with Crippen LogP contribution in [0.25, 0.3) is 17.3 Å². The van der Waals surface area contributed by atoms with Crippen molar-refractivity contribution >= 4 is 23.8 Å². The van der Waals surface area contributed by atoms with Crippen LogP contribution in [0.1, 0.15) is 18.1 Å². The molecule has 2 aromatic carbocycles. The molecular weight excluding hydrogens is 368 g/mol. The molecule has 7 heteroatoms. The van der Waals surface area contributed by atoms with Crippen LogP contribution in [0, 0.1) is 0 Å². The van der Waals surface area contributed by atoms with Gasteiger partial charge in [-0.25, -0.2) is 9.59 Å². The van der Waals surface area contributed by atoms with Crippen molar-refractivity contribution in [2.75, 3.05) is 11.9 Å². The zero-order valence-corrected chi connectivity index (χ0v) is 16.0. The number of amides is 2. The molecule has 148 valence electrons. The number of ether oxygens (including phenoxy) is 1. The Morgan fingerprint density at radius 2 is 1.83 bits per heavy atom. The lowest BCUT2D eigenvalue weighted by Crippen LogP contribution is -2.28. The second kappa shape index (κ2) is 9.89. The molecule has 1 heterocycles. The van der Waals surface area contributed by atoms with Crippen LogP contribution in [-0.2, 0) is 16.1 Å². The monoisotopic (exact) mass is 390 g/mol. The van der Waals surface area contributed by atoms with Crippen molar-refractivity contribution in [3.8, 4) is 11.3 Å². The predicted molar refractivity (Wildman–Crippen MR) is 112 cm³/mol. The molecule has 0 unspecified atom stereocenters. The Labute approximate surface area is 168 Å². The fourth-order valence-corrected chi connectivity index (χ4v) is 2.61. The minimum Gasteiger partial charge on any atom is -0.463 e. The van der Waals surface area contributed by atoms with Gasteiger partial charge in [-0.1, -0.05) is 36.4 Å². The van der Waals surface area contributed by atoms with E-state index in [1.165, 1.54) is 6.08 Å². The number of H-pyrrole nitrogens is 1. The molecule has 0 radical (unpaired) electrons. The minimum atomic E-state index is -0.383. The number of carbonyl (C=O) groups is 2. The largest absolute Gasteiger partial charge is 0.463 e. The highest BCUT2D eigenvalue weighted by atomic mass is 16.5. The summed E-state index contributed by atoms with van der Waals surface area (Å²) in [4.78, 5) is 23.4. The number of hydrogen-bond donors (Lipinski definition) is 3. The quantitative estimate of drug-likeness (QED) is 0.420. The average Bonchev–Trinajstić information content (AvgIpc) is 3.27. The van der Waals surface area contributed by atoms with E-state index in [-0.39, 0.29) is 12.0 Å². The molecule has 0 atom stereocenters. The molecular formula is C22H22N4O3. The first-order chi connectivity index (χ1) is 14.1. The second-order valence-corrected chi connectivity index (χ2v) is 6.18. The topological polar surface area (TPSA) is 96.1 Å². The molecule has 0 aliphatic heterocycles. The molecule has 3 aromatic rings. The highest BCUT2D eigenvalue weighted by molar-refractivity contribution is 5.90. The fourth-order valence-electron chi connectivity index (χ4n) is 2.61. The standard InChI is InChI=1S/C22H22N4O3/c1-2-29-21(27)12-7-16-5-10-19(11-6-16)25-22(28)23-15-17-3-8-18(9-4-17)20-13-14-24-26-20/h3-14H,2,15H2,1H3,(H,24,26)(H2,23,25,28)/b12-7+. The summed E-state index contributed by atoms with van der Waals surface area (Å²) in [5.41, 5.74) is 4.46. The van der Waals surface area contributed by atoms with E-state index in [1.807, 2.05) is 30.3 Å². The van der Waals surface area contributed by atoms with E-state index in [0.717, 1.165) is 22.4 Å². The number of carbonyl (C=O) groups excluding carboxylic acids is 2. The first kappa shape index (κ1) is 19.9. The maximum atomic E-state index is 12.1. The van der Waals surface area contributed by atoms with Crippen LogP contribution in [0.5, 0.6) is 0 Å². The Morgan fingerprint density at radius 3 is 2.48 bits per heavy atom. The molecule has 0 bridgehead atoms. The van der Waals surface area contributed by atoms with Crippen LogP contribution in [0.3, 0.4) is 0 Å².